The highest BCUT2D eigenvalue weighted by Crippen LogP contribution is 2.24. The Bertz CT molecular complexity index is 573. The van der Waals surface area contributed by atoms with Crippen molar-refractivity contribution in [2.24, 2.45) is 17.6 Å². The first-order chi connectivity index (χ1) is 10.9. The first-order valence-electron chi connectivity index (χ1n) is 8.42. The van der Waals surface area contributed by atoms with Gasteiger partial charge in [0.15, 0.2) is 0 Å². The van der Waals surface area contributed by atoms with E-state index in [1.165, 1.54) is 0 Å². The number of nitrogens with zero attached hydrogens (tertiary/aromatic N) is 2. The molecule has 138 valence electrons. The summed E-state index contributed by atoms with van der Waals surface area (Å²) in [7, 11) is -3.44. The molecule has 1 aromatic rings. The zero-order valence-electron chi connectivity index (χ0n) is 14.6. The number of rotatable bonds is 7. The minimum absolute atomic E-state index is 0. The van der Waals surface area contributed by atoms with Gasteiger partial charge in [0.05, 0.1) is 0 Å². The van der Waals surface area contributed by atoms with Crippen molar-refractivity contribution in [3.05, 3.63) is 35.9 Å². The average molecular weight is 376 g/mol. The second-order valence-corrected chi connectivity index (χ2v) is 8.62. The highest BCUT2D eigenvalue weighted by atomic mass is 35.5. The lowest BCUT2D eigenvalue weighted by Gasteiger charge is -2.37. The van der Waals surface area contributed by atoms with Gasteiger partial charge in [-0.3, -0.25) is 0 Å². The number of benzene rings is 1. The van der Waals surface area contributed by atoms with Crippen molar-refractivity contribution in [2.45, 2.75) is 26.7 Å². The molecule has 0 saturated carbocycles. The summed E-state index contributed by atoms with van der Waals surface area (Å²) in [5, 5.41) is 0. The van der Waals surface area contributed by atoms with Crippen LogP contribution in [0.1, 0.15) is 25.8 Å². The second-order valence-electron chi connectivity index (χ2n) is 6.69. The molecular formula is C17H30ClN3O2S. The van der Waals surface area contributed by atoms with Gasteiger partial charge in [0.2, 0.25) is 0 Å². The maximum atomic E-state index is 13.0. The van der Waals surface area contributed by atoms with Gasteiger partial charge in [0.1, 0.15) is 0 Å². The first-order valence-corrected chi connectivity index (χ1v) is 9.82. The standard InChI is InChI=1S/C17H29N3O2S.ClH/c1-15-12-16(2)14-20(13-15)23(21,22)19(11-9-18)10-8-17-6-4-3-5-7-17;/h3-7,15-16H,8-14,18H2,1-2H3;1H. The maximum absolute atomic E-state index is 13.0. The van der Waals surface area contributed by atoms with Gasteiger partial charge in [0.25, 0.3) is 10.2 Å². The molecule has 2 rings (SSSR count). The van der Waals surface area contributed by atoms with Crippen molar-refractivity contribution in [1.29, 1.82) is 0 Å². The lowest BCUT2D eigenvalue weighted by atomic mass is 9.94. The Kier molecular flexibility index (Phi) is 8.67. The van der Waals surface area contributed by atoms with E-state index in [2.05, 4.69) is 13.8 Å². The maximum Gasteiger partial charge on any atom is 0.282 e. The van der Waals surface area contributed by atoms with Crippen molar-refractivity contribution in [1.82, 2.24) is 8.61 Å². The van der Waals surface area contributed by atoms with Crippen LogP contribution in [0.3, 0.4) is 0 Å². The molecule has 1 saturated heterocycles. The predicted molar refractivity (Wildman–Crippen MR) is 101 cm³/mol. The molecule has 1 aliphatic heterocycles. The highest BCUT2D eigenvalue weighted by Gasteiger charge is 2.34. The van der Waals surface area contributed by atoms with Crippen LogP contribution in [-0.4, -0.2) is 49.8 Å². The highest BCUT2D eigenvalue weighted by molar-refractivity contribution is 7.86. The Morgan fingerprint density at radius 2 is 1.71 bits per heavy atom. The normalized spacial score (nSPS) is 22.3. The zero-order chi connectivity index (χ0) is 16.9. The van der Waals surface area contributed by atoms with Gasteiger partial charge >= 0.3 is 0 Å². The Labute approximate surface area is 152 Å². The van der Waals surface area contributed by atoms with Crippen LogP contribution in [0.5, 0.6) is 0 Å². The molecule has 0 amide bonds. The molecule has 5 nitrogen and oxygen atoms in total. The van der Waals surface area contributed by atoms with E-state index in [0.717, 1.165) is 12.0 Å². The molecule has 0 aromatic heterocycles. The monoisotopic (exact) mass is 375 g/mol. The molecule has 2 unspecified atom stereocenters. The average Bonchev–Trinajstić information content (AvgIpc) is 2.51. The van der Waals surface area contributed by atoms with Crippen LogP contribution in [0.25, 0.3) is 0 Å². The molecule has 0 aliphatic carbocycles. The largest absolute Gasteiger partial charge is 0.329 e. The van der Waals surface area contributed by atoms with Gasteiger partial charge in [-0.15, -0.1) is 12.4 Å². The van der Waals surface area contributed by atoms with Crippen LogP contribution in [0.15, 0.2) is 30.3 Å². The Morgan fingerprint density at radius 1 is 1.12 bits per heavy atom. The topological polar surface area (TPSA) is 66.6 Å². The predicted octanol–water partition coefficient (Wildman–Crippen LogP) is 2.13. The van der Waals surface area contributed by atoms with E-state index in [0.29, 0.717) is 51.0 Å². The third kappa shape index (κ3) is 5.70. The molecule has 1 fully saturated rings. The van der Waals surface area contributed by atoms with Crippen LogP contribution >= 0.6 is 12.4 Å². The molecule has 2 N–H and O–H groups in total. The quantitative estimate of drug-likeness (QED) is 0.793. The summed E-state index contributed by atoms with van der Waals surface area (Å²) in [5.74, 6) is 0.810. The molecule has 0 radical (unpaired) electrons. The van der Waals surface area contributed by atoms with Gasteiger partial charge in [-0.1, -0.05) is 44.2 Å². The molecule has 2 atom stereocenters. The molecule has 7 heteroatoms. The molecule has 0 bridgehead atoms. The number of nitrogens with two attached hydrogens (primary N) is 1. The summed E-state index contributed by atoms with van der Waals surface area (Å²) in [5.41, 5.74) is 6.80. The number of halogens is 1. The van der Waals surface area contributed by atoms with Crippen LogP contribution in [0.2, 0.25) is 0 Å². The summed E-state index contributed by atoms with van der Waals surface area (Å²) in [6, 6.07) is 9.97. The van der Waals surface area contributed by atoms with Crippen molar-refractivity contribution in [2.75, 3.05) is 32.7 Å². The van der Waals surface area contributed by atoms with Gasteiger partial charge < -0.3 is 5.73 Å². The third-order valence-electron chi connectivity index (χ3n) is 4.36. The first kappa shape index (κ1) is 21.4. The van der Waals surface area contributed by atoms with E-state index >= 15 is 0 Å². The van der Waals surface area contributed by atoms with E-state index in [4.69, 9.17) is 5.73 Å². The Hall–Kier alpha value is -0.660. The lowest BCUT2D eigenvalue weighted by molar-refractivity contribution is 0.209. The zero-order valence-corrected chi connectivity index (χ0v) is 16.2. The molecule has 24 heavy (non-hydrogen) atoms. The SMILES string of the molecule is CC1CC(C)CN(S(=O)(=O)N(CCN)CCc2ccccc2)C1.Cl. The fraction of sp³-hybridized carbons (Fsp3) is 0.647. The van der Waals surface area contributed by atoms with Crippen LogP contribution in [-0.2, 0) is 16.6 Å². The Balaban J connectivity index is 0.00000288. The van der Waals surface area contributed by atoms with E-state index in [9.17, 15) is 8.42 Å². The number of hydrogen-bond donors (Lipinski definition) is 1. The van der Waals surface area contributed by atoms with Crippen LogP contribution in [0, 0.1) is 11.8 Å². The van der Waals surface area contributed by atoms with Gasteiger partial charge in [-0.05, 0) is 30.2 Å². The third-order valence-corrected chi connectivity index (χ3v) is 6.33. The van der Waals surface area contributed by atoms with Gasteiger partial charge in [-0.2, -0.15) is 17.0 Å². The minimum atomic E-state index is -3.44. The van der Waals surface area contributed by atoms with Gasteiger partial charge in [0, 0.05) is 32.7 Å². The fourth-order valence-corrected chi connectivity index (χ4v) is 5.21. The smallest absolute Gasteiger partial charge is 0.282 e. The van der Waals surface area contributed by atoms with E-state index in [1.807, 2.05) is 30.3 Å². The minimum Gasteiger partial charge on any atom is -0.329 e. The van der Waals surface area contributed by atoms with Gasteiger partial charge in [-0.25, -0.2) is 0 Å². The van der Waals surface area contributed by atoms with E-state index < -0.39 is 10.2 Å². The molecule has 0 spiro atoms. The van der Waals surface area contributed by atoms with Crippen molar-refractivity contribution in [3.8, 4) is 0 Å². The van der Waals surface area contributed by atoms with Crippen molar-refractivity contribution >= 4 is 22.6 Å². The molecule has 1 heterocycles. The number of hydrogen-bond acceptors (Lipinski definition) is 3. The van der Waals surface area contributed by atoms with Crippen LogP contribution in [0.4, 0.5) is 0 Å². The lowest BCUT2D eigenvalue weighted by Crippen LogP contribution is -2.51. The van der Waals surface area contributed by atoms with Crippen LogP contribution < -0.4 is 5.73 Å². The van der Waals surface area contributed by atoms with Crippen molar-refractivity contribution in [3.63, 3.8) is 0 Å². The number of piperidine rings is 1. The Morgan fingerprint density at radius 3 is 2.25 bits per heavy atom. The summed E-state index contributed by atoms with van der Waals surface area (Å²) >= 11 is 0. The van der Waals surface area contributed by atoms with Crippen molar-refractivity contribution < 1.29 is 8.42 Å². The summed E-state index contributed by atoms with van der Waals surface area (Å²) in [6.07, 6.45) is 1.80. The van der Waals surface area contributed by atoms with E-state index in [1.54, 1.807) is 8.61 Å². The molecule has 1 aromatic carbocycles. The summed E-state index contributed by atoms with van der Waals surface area (Å²) < 4.78 is 29.2. The summed E-state index contributed by atoms with van der Waals surface area (Å²) in [6.45, 7) is 6.65. The fourth-order valence-electron chi connectivity index (χ4n) is 3.34. The second kappa shape index (κ2) is 9.73. The molecule has 1 aliphatic rings. The molecular weight excluding hydrogens is 346 g/mol. The summed E-state index contributed by atoms with van der Waals surface area (Å²) in [4.78, 5) is 0. The van der Waals surface area contributed by atoms with E-state index in [-0.39, 0.29) is 12.4 Å².